The van der Waals surface area contributed by atoms with E-state index in [9.17, 15) is 13.2 Å². The van der Waals surface area contributed by atoms with Crippen molar-refractivity contribution in [2.24, 2.45) is 11.3 Å². The Labute approximate surface area is 109 Å². The van der Waals surface area contributed by atoms with Crippen LogP contribution in [0.25, 0.3) is 0 Å². The third-order valence-electron chi connectivity index (χ3n) is 3.18. The minimum absolute atomic E-state index is 0.365. The van der Waals surface area contributed by atoms with Crippen LogP contribution in [-0.4, -0.2) is 11.2 Å². The minimum atomic E-state index is -4.42. The van der Waals surface area contributed by atoms with Crippen molar-refractivity contribution in [1.82, 2.24) is 0 Å². The molecule has 1 atom stereocenters. The quantitative estimate of drug-likeness (QED) is 0.469. The Morgan fingerprint density at radius 3 is 2.06 bits per heavy atom. The molecule has 0 heterocycles. The standard InChI is InChI=1S/C13H16F3NS/c1-9(2)12(3,13(14,15)16)11(17)18-10-7-5-4-6-8-10/h4-9,17H,1-3H3. The number of hydrogen-bond acceptors (Lipinski definition) is 2. The summed E-state index contributed by atoms with van der Waals surface area (Å²) in [5.74, 6) is -0.679. The molecule has 0 saturated carbocycles. The van der Waals surface area contributed by atoms with Gasteiger partial charge in [0, 0.05) is 4.90 Å². The average molecular weight is 275 g/mol. The summed E-state index contributed by atoms with van der Waals surface area (Å²) >= 11 is 0.869. The number of benzene rings is 1. The molecule has 1 unspecified atom stereocenters. The van der Waals surface area contributed by atoms with Crippen molar-refractivity contribution in [2.45, 2.75) is 31.8 Å². The zero-order valence-corrected chi connectivity index (χ0v) is 11.3. The van der Waals surface area contributed by atoms with Crippen molar-refractivity contribution in [3.63, 3.8) is 0 Å². The van der Waals surface area contributed by atoms with Gasteiger partial charge in [0.25, 0.3) is 0 Å². The van der Waals surface area contributed by atoms with Crippen LogP contribution in [0.5, 0.6) is 0 Å². The molecule has 0 bridgehead atoms. The van der Waals surface area contributed by atoms with Crippen LogP contribution in [0.1, 0.15) is 20.8 Å². The number of alkyl halides is 3. The monoisotopic (exact) mass is 275 g/mol. The largest absolute Gasteiger partial charge is 0.400 e. The Bertz CT molecular complexity index is 414. The molecule has 0 fully saturated rings. The zero-order valence-electron chi connectivity index (χ0n) is 10.5. The van der Waals surface area contributed by atoms with Crippen LogP contribution in [0.4, 0.5) is 13.2 Å². The van der Waals surface area contributed by atoms with E-state index in [1.807, 2.05) is 0 Å². The summed E-state index contributed by atoms with van der Waals surface area (Å²) < 4.78 is 39.5. The van der Waals surface area contributed by atoms with Gasteiger partial charge in [-0.05, 0) is 25.0 Å². The highest BCUT2D eigenvalue weighted by Gasteiger charge is 2.56. The van der Waals surface area contributed by atoms with Gasteiger partial charge < -0.3 is 0 Å². The summed E-state index contributed by atoms with van der Waals surface area (Å²) in [6.45, 7) is 4.08. The molecule has 100 valence electrons. The van der Waals surface area contributed by atoms with Crippen molar-refractivity contribution >= 4 is 16.8 Å². The molecule has 1 rings (SSSR count). The first-order chi connectivity index (χ1) is 8.19. The first-order valence-corrected chi connectivity index (χ1v) is 6.40. The van der Waals surface area contributed by atoms with Gasteiger partial charge in [0.05, 0.1) is 5.04 Å². The molecule has 0 amide bonds. The summed E-state index contributed by atoms with van der Waals surface area (Å²) in [7, 11) is 0. The molecule has 1 nitrogen and oxygen atoms in total. The highest BCUT2D eigenvalue weighted by atomic mass is 32.2. The van der Waals surface area contributed by atoms with Crippen LogP contribution < -0.4 is 0 Å². The fourth-order valence-electron chi connectivity index (χ4n) is 1.43. The molecule has 1 aromatic rings. The van der Waals surface area contributed by atoms with Gasteiger partial charge in [-0.2, -0.15) is 13.2 Å². The summed E-state index contributed by atoms with van der Waals surface area (Å²) in [5.41, 5.74) is -2.10. The van der Waals surface area contributed by atoms with Crippen molar-refractivity contribution in [1.29, 1.82) is 5.41 Å². The van der Waals surface area contributed by atoms with E-state index in [-0.39, 0.29) is 5.04 Å². The second-order valence-electron chi connectivity index (χ2n) is 4.60. The normalized spacial score (nSPS) is 15.5. The van der Waals surface area contributed by atoms with Gasteiger partial charge >= 0.3 is 6.18 Å². The third-order valence-corrected chi connectivity index (χ3v) is 4.31. The van der Waals surface area contributed by atoms with Gasteiger partial charge in [-0.15, -0.1) is 0 Å². The van der Waals surface area contributed by atoms with E-state index < -0.39 is 17.5 Å². The number of nitrogens with one attached hydrogen (secondary N) is 1. The lowest BCUT2D eigenvalue weighted by Crippen LogP contribution is -2.45. The molecule has 0 saturated heterocycles. The van der Waals surface area contributed by atoms with E-state index in [2.05, 4.69) is 0 Å². The Hall–Kier alpha value is -0.970. The molecule has 0 aromatic heterocycles. The highest BCUT2D eigenvalue weighted by molar-refractivity contribution is 8.14. The molecule has 5 heteroatoms. The van der Waals surface area contributed by atoms with E-state index in [4.69, 9.17) is 5.41 Å². The topological polar surface area (TPSA) is 23.9 Å². The highest BCUT2D eigenvalue weighted by Crippen LogP contribution is 2.48. The maximum atomic E-state index is 13.2. The van der Waals surface area contributed by atoms with Gasteiger partial charge in [-0.1, -0.05) is 43.8 Å². The molecule has 0 spiro atoms. The minimum Gasteiger partial charge on any atom is -0.297 e. The predicted octanol–water partition coefficient (Wildman–Crippen LogP) is 4.98. The van der Waals surface area contributed by atoms with Crippen LogP contribution in [0.3, 0.4) is 0 Å². The van der Waals surface area contributed by atoms with E-state index in [0.29, 0.717) is 4.90 Å². The van der Waals surface area contributed by atoms with Crippen molar-refractivity contribution < 1.29 is 13.2 Å². The molecule has 1 aromatic carbocycles. The Morgan fingerprint density at radius 2 is 1.67 bits per heavy atom. The second-order valence-corrected chi connectivity index (χ2v) is 5.68. The second kappa shape index (κ2) is 5.34. The van der Waals surface area contributed by atoms with E-state index in [1.54, 1.807) is 30.3 Å². The molecular weight excluding hydrogens is 259 g/mol. The molecule has 18 heavy (non-hydrogen) atoms. The van der Waals surface area contributed by atoms with Gasteiger partial charge in [-0.25, -0.2) is 0 Å². The number of rotatable bonds is 3. The van der Waals surface area contributed by atoms with Gasteiger partial charge in [0.2, 0.25) is 0 Å². The van der Waals surface area contributed by atoms with Gasteiger partial charge in [-0.3, -0.25) is 5.41 Å². The summed E-state index contributed by atoms with van der Waals surface area (Å²) in [6, 6.07) is 8.69. The average Bonchev–Trinajstić information content (AvgIpc) is 2.27. The predicted molar refractivity (Wildman–Crippen MR) is 69.0 cm³/mol. The maximum absolute atomic E-state index is 13.2. The molecule has 0 aliphatic rings. The number of halogens is 3. The van der Waals surface area contributed by atoms with Crippen LogP contribution in [0.2, 0.25) is 0 Å². The van der Waals surface area contributed by atoms with Crippen LogP contribution in [0, 0.1) is 16.7 Å². The number of thioether (sulfide) groups is 1. The first-order valence-electron chi connectivity index (χ1n) is 5.58. The van der Waals surface area contributed by atoms with Crippen LogP contribution >= 0.6 is 11.8 Å². The van der Waals surface area contributed by atoms with E-state index in [1.165, 1.54) is 13.8 Å². The summed E-state index contributed by atoms with van der Waals surface area (Å²) in [4.78, 5) is 0.652. The van der Waals surface area contributed by atoms with Crippen LogP contribution in [0.15, 0.2) is 35.2 Å². The first kappa shape index (κ1) is 15.1. The lowest BCUT2D eigenvalue weighted by molar-refractivity contribution is -0.203. The smallest absolute Gasteiger partial charge is 0.297 e. The van der Waals surface area contributed by atoms with Gasteiger partial charge in [0.1, 0.15) is 5.41 Å². The third kappa shape index (κ3) is 2.88. The molecule has 0 radical (unpaired) electrons. The van der Waals surface area contributed by atoms with Gasteiger partial charge in [0.15, 0.2) is 0 Å². The maximum Gasteiger partial charge on any atom is 0.400 e. The van der Waals surface area contributed by atoms with Crippen LogP contribution in [-0.2, 0) is 0 Å². The lowest BCUT2D eigenvalue weighted by Gasteiger charge is -2.35. The Kier molecular flexibility index (Phi) is 4.48. The van der Waals surface area contributed by atoms with E-state index >= 15 is 0 Å². The zero-order chi connectivity index (χ0) is 14.0. The SMILES string of the molecule is CC(C)C(C)(C(=N)Sc1ccccc1)C(F)(F)F. The fourth-order valence-corrected chi connectivity index (χ4v) is 2.52. The summed E-state index contributed by atoms with van der Waals surface area (Å²) in [5, 5.41) is 7.44. The molecule has 0 aliphatic heterocycles. The molecular formula is C13H16F3NS. The fraction of sp³-hybridized carbons (Fsp3) is 0.462. The van der Waals surface area contributed by atoms with Crippen molar-refractivity contribution in [3.8, 4) is 0 Å². The molecule has 0 aliphatic carbocycles. The van der Waals surface area contributed by atoms with Crippen molar-refractivity contribution in [3.05, 3.63) is 30.3 Å². The lowest BCUT2D eigenvalue weighted by atomic mass is 9.79. The Morgan fingerprint density at radius 1 is 1.17 bits per heavy atom. The molecule has 1 N–H and O–H groups in total. The Balaban J connectivity index is 2.99. The summed E-state index contributed by atoms with van der Waals surface area (Å²) in [6.07, 6.45) is -4.42. The number of hydrogen-bond donors (Lipinski definition) is 1. The van der Waals surface area contributed by atoms with Crippen molar-refractivity contribution in [2.75, 3.05) is 0 Å². The van der Waals surface area contributed by atoms with E-state index in [0.717, 1.165) is 18.7 Å².